The first-order chi connectivity index (χ1) is 42.9. The number of nitrogens with zero attached hydrogens (tertiary/aromatic N) is 2. The fourth-order valence-corrected chi connectivity index (χ4v) is 27.9. The van der Waals surface area contributed by atoms with Gasteiger partial charge in [0.1, 0.15) is 0 Å². The quantitative estimate of drug-likeness (QED) is 0.0165. The Morgan fingerprint density at radius 1 is 0.318 bits per heavy atom. The molecule has 0 saturated carbocycles. The summed E-state index contributed by atoms with van der Waals surface area (Å²) in [4.78, 5) is 27.2. The number of hydrogen-bond donors (Lipinski definition) is 0. The van der Waals surface area contributed by atoms with E-state index in [0.717, 1.165) is 36.0 Å². The summed E-state index contributed by atoms with van der Waals surface area (Å²) in [5.74, 6) is 2.80. The van der Waals surface area contributed by atoms with E-state index in [0.29, 0.717) is 11.8 Å². The topological polar surface area (TPSA) is 44.2 Å². The molecule has 0 amide bonds. The van der Waals surface area contributed by atoms with Crippen LogP contribution in [0.25, 0.3) is 85.1 Å². The fourth-order valence-electron chi connectivity index (χ4n) is 15.1. The van der Waals surface area contributed by atoms with Gasteiger partial charge in [0.15, 0.2) is 0 Å². The fraction of sp³-hybridized carbons (Fsp3) is 0.675. The molecule has 9 aromatic rings. The second-order valence-electron chi connectivity index (χ2n) is 30.1. The van der Waals surface area contributed by atoms with Gasteiger partial charge in [0.25, 0.3) is 0 Å². The van der Waals surface area contributed by atoms with Crippen LogP contribution in [-0.2, 0) is 0 Å². The molecule has 0 spiro atoms. The van der Waals surface area contributed by atoms with Crippen molar-refractivity contribution in [3.8, 4) is 11.8 Å². The third-order valence-electron chi connectivity index (χ3n) is 20.5. The van der Waals surface area contributed by atoms with Gasteiger partial charge in [-0.3, -0.25) is 0 Å². The van der Waals surface area contributed by atoms with Gasteiger partial charge in [-0.25, -0.2) is 0 Å². The molecule has 0 aliphatic rings. The molecule has 0 bridgehead atoms. The van der Waals surface area contributed by atoms with Crippen LogP contribution in [0.4, 0.5) is 0 Å². The molecule has 4 nitrogen and oxygen atoms in total. The number of pyridine rings is 2. The summed E-state index contributed by atoms with van der Waals surface area (Å²) in [7, 11) is 0. The number of aromatic nitrogens is 2. The summed E-state index contributed by atoms with van der Waals surface area (Å²) in [5, 5.41) is 16.2. The van der Waals surface area contributed by atoms with E-state index in [2.05, 4.69) is 116 Å². The van der Waals surface area contributed by atoms with Crippen LogP contribution in [0.5, 0.6) is 11.8 Å². The van der Waals surface area contributed by atoms with Gasteiger partial charge in [-0.05, 0) is 0 Å². The number of benzene rings is 5. The molecule has 0 saturated heterocycles. The Hall–Kier alpha value is -2.14. The van der Waals surface area contributed by atoms with Crippen LogP contribution in [0.15, 0.2) is 36.4 Å². The molecule has 8 heteroatoms. The Labute approximate surface area is 552 Å². The molecule has 0 aliphatic carbocycles. The molecule has 0 radical (unpaired) electrons. The maximum atomic E-state index is 7.49. The number of rotatable bonds is 48. The van der Waals surface area contributed by atoms with Crippen molar-refractivity contribution in [3.05, 3.63) is 36.4 Å². The van der Waals surface area contributed by atoms with E-state index in [1.54, 1.807) is 5.79 Å². The summed E-state index contributed by atoms with van der Waals surface area (Å²) in [6.45, 7) is 10.8. The Bertz CT molecular complexity index is 3230. The maximum absolute atomic E-state index is 7.49. The van der Waals surface area contributed by atoms with E-state index < -0.39 is 36.8 Å². The van der Waals surface area contributed by atoms with Crippen LogP contribution in [0.3, 0.4) is 0 Å². The van der Waals surface area contributed by atoms with Gasteiger partial charge in [0.2, 0.25) is 0 Å². The molecular formula is C80H122N2O2S2Sn2. The van der Waals surface area contributed by atoms with E-state index in [-0.39, 0.29) is 0 Å². The van der Waals surface area contributed by atoms with Crippen molar-refractivity contribution in [2.75, 3.05) is 13.2 Å². The van der Waals surface area contributed by atoms with E-state index in [4.69, 9.17) is 19.4 Å². The normalized spacial score (nSPS) is 13.6. The van der Waals surface area contributed by atoms with Crippen LogP contribution < -0.4 is 15.3 Å². The van der Waals surface area contributed by atoms with E-state index >= 15 is 0 Å². The SMILES string of the molecule is CCCCCCCCCCCCC(CCCCCCCCCC)COc1nc2ccc3c4c[c]([Sn]([CH3])([CH3])[CH3])sc4c4c(OCC(CCCCCCCCCC)CCCCCCCCCCCC)nc5ccc6c7c[c]([Sn]([CH3])([CH3])[CH3])sc7c1c1c2c3c4c5c61. The van der Waals surface area contributed by atoms with Crippen LogP contribution >= 0.6 is 22.7 Å². The molecule has 2 unspecified atom stereocenters. The Morgan fingerprint density at radius 3 is 0.864 bits per heavy atom. The standard InChI is InChI=1S/C74H104N2O2S2.6CH3.2Sn/c1-5-9-13-17-21-25-27-31-35-39-43-55(41-37-33-29-23-19-15-11-7-3)53-77-73-69-67-63-57(59-49-51-79-71(59)69)46-48-62-66(63)68-64-58(45-47-61(75-73)65(64)67)60-50-52-80-72(60)70(68)74(76-62)78-54-56(42-38-34-30-24-20-16-12-8-4)44-40-36-32-28-26-22-18-14-10-6-2;;;;;;;;/h45-50,55-56H,5-44,53-54H2,1-4H3;6*1H3;;. The van der Waals surface area contributed by atoms with E-state index in [1.165, 1.54) is 331 Å². The molecule has 4 heterocycles. The average Bonchev–Trinajstić information content (AvgIpc) is 1.16. The third-order valence-corrected chi connectivity index (χ3v) is 41.6. The van der Waals surface area contributed by atoms with Gasteiger partial charge < -0.3 is 0 Å². The molecule has 5 aromatic carbocycles. The molecule has 0 aliphatic heterocycles. The van der Waals surface area contributed by atoms with Gasteiger partial charge in [0.05, 0.1) is 0 Å². The summed E-state index contributed by atoms with van der Waals surface area (Å²) in [5.41, 5.74) is 2.15. The van der Waals surface area contributed by atoms with E-state index in [1.807, 2.05) is 0 Å². The van der Waals surface area contributed by atoms with Gasteiger partial charge in [-0.2, -0.15) is 0 Å². The molecule has 484 valence electrons. The first kappa shape index (κ1) is 70.2. The minimum atomic E-state index is -2.58. The zero-order valence-electron chi connectivity index (χ0n) is 57.8. The van der Waals surface area contributed by atoms with Gasteiger partial charge >= 0.3 is 375 Å². The Kier molecular flexibility index (Phi) is 28.2. The number of thiophene rings is 2. The zero-order valence-corrected chi connectivity index (χ0v) is 65.2. The zero-order chi connectivity index (χ0) is 61.9. The van der Waals surface area contributed by atoms with Crippen molar-refractivity contribution < 1.29 is 9.47 Å². The first-order valence-corrected chi connectivity index (χ1v) is 59.1. The Balaban J connectivity index is 1.09. The number of hydrogen-bond acceptors (Lipinski definition) is 6. The van der Waals surface area contributed by atoms with Crippen LogP contribution in [0.1, 0.15) is 285 Å². The van der Waals surface area contributed by atoms with Crippen molar-refractivity contribution >= 4 is 150 Å². The minimum absolute atomic E-state index is 0.533. The summed E-state index contributed by atoms with van der Waals surface area (Å²) in [6, 6.07) is 14.9. The van der Waals surface area contributed by atoms with Crippen LogP contribution in [0.2, 0.25) is 29.6 Å². The first-order valence-electron chi connectivity index (χ1n) is 37.5. The monoisotopic (exact) mass is 1450 g/mol. The number of unbranched alkanes of at least 4 members (excludes halogenated alkanes) is 32. The molecule has 2 atom stereocenters. The van der Waals surface area contributed by atoms with Crippen molar-refractivity contribution in [1.29, 1.82) is 0 Å². The van der Waals surface area contributed by atoms with E-state index in [9.17, 15) is 0 Å². The summed E-state index contributed by atoms with van der Waals surface area (Å²) in [6.07, 6.45) is 54.4. The van der Waals surface area contributed by atoms with Crippen molar-refractivity contribution in [1.82, 2.24) is 9.97 Å². The number of fused-ring (bicyclic) bond motifs is 6. The van der Waals surface area contributed by atoms with Crippen LogP contribution in [-0.4, -0.2) is 59.9 Å². The third kappa shape index (κ3) is 18.2. The second kappa shape index (κ2) is 35.4. The summed E-state index contributed by atoms with van der Waals surface area (Å²) < 4.78 is 21.0. The molecule has 9 rings (SSSR count). The molecular weight excluding hydrogens is 1320 g/mol. The number of ether oxygens (including phenoxy) is 2. The van der Waals surface area contributed by atoms with Crippen LogP contribution in [0, 0.1) is 11.8 Å². The molecule has 0 fully saturated rings. The predicted molar refractivity (Wildman–Crippen MR) is 403 cm³/mol. The van der Waals surface area contributed by atoms with Gasteiger partial charge in [-0.1, -0.05) is 182 Å². The average molecular weight is 1450 g/mol. The van der Waals surface area contributed by atoms with Gasteiger partial charge in [0, 0.05) is 0 Å². The summed E-state index contributed by atoms with van der Waals surface area (Å²) >= 11 is -0.992. The van der Waals surface area contributed by atoms with Crippen molar-refractivity contribution in [2.24, 2.45) is 11.8 Å². The van der Waals surface area contributed by atoms with Crippen molar-refractivity contribution in [3.63, 3.8) is 0 Å². The van der Waals surface area contributed by atoms with Crippen molar-refractivity contribution in [2.45, 2.75) is 314 Å². The van der Waals surface area contributed by atoms with Gasteiger partial charge in [-0.15, -0.1) is 0 Å². The predicted octanol–water partition coefficient (Wildman–Crippen LogP) is 26.9. The molecule has 88 heavy (non-hydrogen) atoms. The Morgan fingerprint density at radius 2 is 0.591 bits per heavy atom. The molecule has 0 N–H and O–H groups in total. The molecule has 4 aromatic heterocycles. The second-order valence-corrected chi connectivity index (χ2v) is 63.1.